The van der Waals surface area contributed by atoms with Crippen molar-refractivity contribution < 1.29 is 17.8 Å². The number of benzene rings is 2. The summed E-state index contributed by atoms with van der Waals surface area (Å²) in [4.78, 5) is 12.6. The van der Waals surface area contributed by atoms with Crippen LogP contribution in [0.15, 0.2) is 75.1 Å². The lowest BCUT2D eigenvalue weighted by Crippen LogP contribution is -2.18. The monoisotopic (exact) mass is 385 g/mol. The van der Waals surface area contributed by atoms with Crippen LogP contribution in [0.1, 0.15) is 11.3 Å². The van der Waals surface area contributed by atoms with Gasteiger partial charge >= 0.3 is 0 Å². The summed E-state index contributed by atoms with van der Waals surface area (Å²) in [5.74, 6) is 0.699. The Morgan fingerprint density at radius 2 is 1.85 bits per heavy atom. The highest BCUT2D eigenvalue weighted by molar-refractivity contribution is 7.89. The topological polar surface area (TPSA) is 115 Å². The van der Waals surface area contributed by atoms with Crippen LogP contribution in [0.2, 0.25) is 0 Å². The molecule has 0 aliphatic rings. The van der Waals surface area contributed by atoms with Crippen LogP contribution in [0.3, 0.4) is 0 Å². The van der Waals surface area contributed by atoms with Crippen LogP contribution < -0.4 is 4.83 Å². The molecule has 1 heterocycles. The first-order chi connectivity index (χ1) is 12.8. The predicted molar refractivity (Wildman–Crippen MR) is 99.9 cm³/mol. The van der Waals surface area contributed by atoms with E-state index in [1.807, 2.05) is 6.92 Å². The molecule has 0 saturated carbocycles. The molecular weight excluding hydrogens is 370 g/mol. The minimum atomic E-state index is -3.77. The van der Waals surface area contributed by atoms with Crippen LogP contribution in [-0.4, -0.2) is 19.6 Å². The largest absolute Gasteiger partial charge is 0.455 e. The molecule has 0 unspecified atom stereocenters. The molecule has 0 spiro atoms. The highest BCUT2D eigenvalue weighted by Gasteiger charge is 2.12. The van der Waals surface area contributed by atoms with Gasteiger partial charge in [-0.25, -0.2) is 0 Å². The van der Waals surface area contributed by atoms with Gasteiger partial charge in [0.1, 0.15) is 11.5 Å². The molecule has 3 aromatic rings. The van der Waals surface area contributed by atoms with Gasteiger partial charge in [-0.05, 0) is 31.2 Å². The Kier molecular flexibility index (Phi) is 5.04. The van der Waals surface area contributed by atoms with Crippen molar-refractivity contribution in [2.75, 3.05) is 0 Å². The van der Waals surface area contributed by atoms with Crippen molar-refractivity contribution in [2.45, 2.75) is 11.8 Å². The van der Waals surface area contributed by atoms with E-state index in [1.54, 1.807) is 36.4 Å². The number of rotatable bonds is 6. The molecule has 8 nitrogen and oxygen atoms in total. The zero-order valence-electron chi connectivity index (χ0n) is 14.2. The third kappa shape index (κ3) is 4.39. The van der Waals surface area contributed by atoms with Crippen LogP contribution >= 0.6 is 0 Å². The molecule has 27 heavy (non-hydrogen) atoms. The van der Waals surface area contributed by atoms with Crippen molar-refractivity contribution in [1.82, 2.24) is 4.83 Å². The molecule has 138 valence electrons. The highest BCUT2D eigenvalue weighted by atomic mass is 32.2. The predicted octanol–water partition coefficient (Wildman–Crippen LogP) is 3.48. The van der Waals surface area contributed by atoms with Gasteiger partial charge in [-0.3, -0.25) is 10.1 Å². The average molecular weight is 385 g/mol. The summed E-state index contributed by atoms with van der Waals surface area (Å²) in [5, 5.41) is 14.5. The second-order valence-electron chi connectivity index (χ2n) is 5.68. The van der Waals surface area contributed by atoms with Gasteiger partial charge in [-0.1, -0.05) is 29.8 Å². The molecule has 0 atom stereocenters. The average Bonchev–Trinajstić information content (AvgIpc) is 3.11. The standard InChI is InChI=1S/C18H15N3O5S/c1-13-5-8-17(9-6-13)27(24,25)20-19-12-16-7-10-18(26-16)14-3-2-4-15(11-14)21(22)23/h2-12,20H,1H3/b19-12+. The molecule has 1 N–H and O–H groups in total. The summed E-state index contributed by atoms with van der Waals surface area (Å²) in [5.41, 5.74) is 1.43. The van der Waals surface area contributed by atoms with E-state index < -0.39 is 14.9 Å². The minimum absolute atomic E-state index is 0.0509. The quantitative estimate of drug-likeness (QED) is 0.396. The minimum Gasteiger partial charge on any atom is -0.455 e. The number of aryl methyl sites for hydroxylation is 1. The van der Waals surface area contributed by atoms with E-state index in [2.05, 4.69) is 9.93 Å². The molecule has 0 aliphatic carbocycles. The van der Waals surface area contributed by atoms with Crippen LogP contribution in [0.4, 0.5) is 5.69 Å². The molecule has 0 fully saturated rings. The maximum atomic E-state index is 12.1. The molecule has 2 aromatic carbocycles. The van der Waals surface area contributed by atoms with Gasteiger partial charge in [-0.2, -0.15) is 18.4 Å². The van der Waals surface area contributed by atoms with Crippen molar-refractivity contribution >= 4 is 21.9 Å². The van der Waals surface area contributed by atoms with Gasteiger partial charge in [-0.15, -0.1) is 0 Å². The lowest BCUT2D eigenvalue weighted by Gasteiger charge is -2.03. The van der Waals surface area contributed by atoms with E-state index in [1.165, 1.54) is 30.5 Å². The van der Waals surface area contributed by atoms with Crippen molar-refractivity contribution in [3.63, 3.8) is 0 Å². The Bertz CT molecular complexity index is 1100. The van der Waals surface area contributed by atoms with E-state index in [0.717, 1.165) is 5.56 Å². The maximum Gasteiger partial charge on any atom is 0.276 e. The summed E-state index contributed by atoms with van der Waals surface area (Å²) < 4.78 is 29.8. The zero-order valence-corrected chi connectivity index (χ0v) is 15.0. The maximum absolute atomic E-state index is 12.1. The fourth-order valence-corrected chi connectivity index (χ4v) is 3.07. The fraction of sp³-hybridized carbons (Fsp3) is 0.0556. The third-order valence-electron chi connectivity index (χ3n) is 3.66. The lowest BCUT2D eigenvalue weighted by atomic mass is 10.1. The Labute approximate surface area is 155 Å². The van der Waals surface area contributed by atoms with Gasteiger partial charge in [0.05, 0.1) is 16.0 Å². The Hall–Kier alpha value is -3.46. The van der Waals surface area contributed by atoms with Crippen molar-refractivity contribution in [3.8, 4) is 11.3 Å². The highest BCUT2D eigenvalue weighted by Crippen LogP contribution is 2.25. The number of nitro groups is 1. The van der Waals surface area contributed by atoms with Crippen LogP contribution in [0.25, 0.3) is 11.3 Å². The van der Waals surface area contributed by atoms with Crippen LogP contribution in [-0.2, 0) is 10.0 Å². The van der Waals surface area contributed by atoms with Gasteiger partial charge in [0.25, 0.3) is 15.7 Å². The Morgan fingerprint density at radius 3 is 2.56 bits per heavy atom. The van der Waals surface area contributed by atoms with Gasteiger partial charge in [0.2, 0.25) is 0 Å². The Morgan fingerprint density at radius 1 is 1.11 bits per heavy atom. The van der Waals surface area contributed by atoms with Crippen molar-refractivity contribution in [3.05, 3.63) is 82.1 Å². The fourth-order valence-electron chi connectivity index (χ4n) is 2.28. The number of nitrogens with one attached hydrogen (secondary N) is 1. The van der Waals surface area contributed by atoms with E-state index in [4.69, 9.17) is 4.42 Å². The summed E-state index contributed by atoms with van der Waals surface area (Å²) in [6, 6.07) is 15.6. The zero-order chi connectivity index (χ0) is 19.4. The smallest absolute Gasteiger partial charge is 0.276 e. The van der Waals surface area contributed by atoms with Crippen LogP contribution in [0, 0.1) is 17.0 Å². The molecule has 3 rings (SSSR count). The normalized spacial score (nSPS) is 11.6. The molecule has 0 saturated heterocycles. The summed E-state index contributed by atoms with van der Waals surface area (Å²) in [6.07, 6.45) is 1.21. The summed E-state index contributed by atoms with van der Waals surface area (Å²) >= 11 is 0. The molecule has 0 amide bonds. The van der Waals surface area contributed by atoms with E-state index in [0.29, 0.717) is 17.1 Å². The van der Waals surface area contributed by atoms with Crippen molar-refractivity contribution in [1.29, 1.82) is 0 Å². The molecule has 0 aliphatic heterocycles. The molecule has 1 aromatic heterocycles. The molecule has 0 bridgehead atoms. The second kappa shape index (κ2) is 7.42. The molecule has 0 radical (unpaired) electrons. The van der Waals surface area contributed by atoms with Crippen LogP contribution in [0.5, 0.6) is 0 Å². The van der Waals surface area contributed by atoms with Gasteiger partial charge < -0.3 is 4.42 Å². The number of sulfonamides is 1. The number of nitro benzene ring substituents is 1. The third-order valence-corrected chi connectivity index (χ3v) is 4.90. The number of hydrogen-bond acceptors (Lipinski definition) is 6. The molecular formula is C18H15N3O5S. The second-order valence-corrected chi connectivity index (χ2v) is 7.34. The summed E-state index contributed by atoms with van der Waals surface area (Å²) in [7, 11) is -3.77. The number of nitrogens with zero attached hydrogens (tertiary/aromatic N) is 2. The molecule has 9 heteroatoms. The van der Waals surface area contributed by atoms with Crippen molar-refractivity contribution in [2.24, 2.45) is 5.10 Å². The lowest BCUT2D eigenvalue weighted by molar-refractivity contribution is -0.384. The first-order valence-corrected chi connectivity index (χ1v) is 9.30. The number of hydrazone groups is 1. The number of non-ortho nitro benzene ring substituents is 1. The number of hydrogen-bond donors (Lipinski definition) is 1. The summed E-state index contributed by atoms with van der Waals surface area (Å²) in [6.45, 7) is 1.86. The van der Waals surface area contributed by atoms with E-state index in [-0.39, 0.29) is 10.6 Å². The SMILES string of the molecule is Cc1ccc(S(=O)(=O)N/N=C/c2ccc(-c3cccc([N+](=O)[O-])c3)o2)cc1. The van der Waals surface area contributed by atoms with E-state index in [9.17, 15) is 18.5 Å². The van der Waals surface area contributed by atoms with Gasteiger partial charge in [0.15, 0.2) is 0 Å². The number of furan rings is 1. The Balaban J connectivity index is 1.73. The first-order valence-electron chi connectivity index (χ1n) is 7.81. The van der Waals surface area contributed by atoms with E-state index >= 15 is 0 Å². The van der Waals surface area contributed by atoms with Gasteiger partial charge in [0, 0.05) is 17.7 Å². The first kappa shape index (κ1) is 18.3.